The minimum absolute atomic E-state index is 0.280. The molecule has 0 radical (unpaired) electrons. The molecule has 0 saturated heterocycles. The number of nitrogens with zero attached hydrogens (tertiary/aromatic N) is 2. The number of rotatable bonds is 4. The van der Waals surface area contributed by atoms with Crippen molar-refractivity contribution in [2.45, 2.75) is 19.6 Å². The Hall–Kier alpha value is -1.46. The molecule has 0 saturated carbocycles. The second-order valence-corrected chi connectivity index (χ2v) is 4.73. The van der Waals surface area contributed by atoms with E-state index < -0.39 is 6.10 Å². The van der Waals surface area contributed by atoms with Crippen molar-refractivity contribution >= 4 is 15.9 Å². The fourth-order valence-electron chi connectivity index (χ4n) is 1.52. The third kappa shape index (κ3) is 3.27. The minimum atomic E-state index is -0.589. The van der Waals surface area contributed by atoms with Gasteiger partial charge in [-0.05, 0) is 31.2 Å². The molecule has 1 heterocycles. The molecular weight excluding hydrogens is 296 g/mol. The van der Waals surface area contributed by atoms with Crippen molar-refractivity contribution in [3.63, 3.8) is 0 Å². The Morgan fingerprint density at radius 1 is 1.33 bits per heavy atom. The summed E-state index contributed by atoms with van der Waals surface area (Å²) >= 11 is 3.37. The fourth-order valence-corrected chi connectivity index (χ4v) is 1.90. The van der Waals surface area contributed by atoms with Crippen molar-refractivity contribution in [2.75, 3.05) is 0 Å². The van der Waals surface area contributed by atoms with Crippen LogP contribution in [0.15, 0.2) is 41.1 Å². The van der Waals surface area contributed by atoms with E-state index in [9.17, 15) is 5.11 Å². The van der Waals surface area contributed by atoms with Crippen LogP contribution in [0.25, 0.3) is 0 Å². The quantitative estimate of drug-likeness (QED) is 0.943. The Bertz CT molecular complexity index is 518. The lowest BCUT2D eigenvalue weighted by atomic mass is 10.1. The first kappa shape index (κ1) is 13.0. The minimum Gasteiger partial charge on any atom is -0.485 e. The molecule has 0 fully saturated rings. The van der Waals surface area contributed by atoms with Crippen molar-refractivity contribution in [3.8, 4) is 5.75 Å². The Kier molecular flexibility index (Phi) is 4.28. The molecule has 0 unspecified atom stereocenters. The van der Waals surface area contributed by atoms with E-state index in [1.54, 1.807) is 25.4 Å². The van der Waals surface area contributed by atoms with Gasteiger partial charge >= 0.3 is 0 Å². The highest BCUT2D eigenvalue weighted by molar-refractivity contribution is 9.10. The van der Waals surface area contributed by atoms with Crippen molar-refractivity contribution in [2.24, 2.45) is 0 Å². The summed E-state index contributed by atoms with van der Waals surface area (Å²) in [5, 5.41) is 9.69. The molecule has 2 rings (SSSR count). The van der Waals surface area contributed by atoms with E-state index in [4.69, 9.17) is 4.74 Å². The van der Waals surface area contributed by atoms with Gasteiger partial charge < -0.3 is 9.84 Å². The molecule has 1 aromatic heterocycles. The normalized spacial score (nSPS) is 12.2. The fraction of sp³-hybridized carbons (Fsp3) is 0.231. The molecule has 2 aromatic rings. The van der Waals surface area contributed by atoms with Crippen LogP contribution in [-0.2, 0) is 6.61 Å². The number of aliphatic hydroxyl groups is 1. The van der Waals surface area contributed by atoms with Crippen LogP contribution in [0.4, 0.5) is 0 Å². The highest BCUT2D eigenvalue weighted by Gasteiger charge is 2.10. The van der Waals surface area contributed by atoms with Gasteiger partial charge in [0.2, 0.25) is 0 Å². The molecule has 0 bridgehead atoms. The van der Waals surface area contributed by atoms with Crippen LogP contribution in [0, 0.1) is 0 Å². The predicted molar refractivity (Wildman–Crippen MR) is 71.1 cm³/mol. The summed E-state index contributed by atoms with van der Waals surface area (Å²) in [6.07, 6.45) is 2.75. The lowest BCUT2D eigenvalue weighted by Gasteiger charge is -2.13. The van der Waals surface area contributed by atoms with E-state index in [1.165, 1.54) is 0 Å². The summed E-state index contributed by atoms with van der Waals surface area (Å²) in [4.78, 5) is 8.16. The van der Waals surface area contributed by atoms with Crippen LogP contribution in [0.2, 0.25) is 0 Å². The number of benzene rings is 1. The maximum atomic E-state index is 9.69. The molecule has 18 heavy (non-hydrogen) atoms. The number of aromatic nitrogens is 2. The number of halogens is 1. The van der Waals surface area contributed by atoms with Gasteiger partial charge in [-0.25, -0.2) is 9.97 Å². The summed E-state index contributed by atoms with van der Waals surface area (Å²) in [5.74, 6) is 1.25. The van der Waals surface area contributed by atoms with Gasteiger partial charge in [-0.2, -0.15) is 0 Å². The average molecular weight is 309 g/mol. The third-order valence-electron chi connectivity index (χ3n) is 2.40. The van der Waals surface area contributed by atoms with E-state index in [1.807, 2.05) is 18.2 Å². The van der Waals surface area contributed by atoms with E-state index in [0.717, 1.165) is 10.0 Å². The first-order chi connectivity index (χ1) is 8.66. The number of ether oxygens (including phenoxy) is 1. The first-order valence-electron chi connectivity index (χ1n) is 5.53. The molecule has 0 aliphatic carbocycles. The number of aliphatic hydroxyl groups excluding tert-OH is 1. The zero-order valence-electron chi connectivity index (χ0n) is 9.88. The summed E-state index contributed by atoms with van der Waals surface area (Å²) in [6, 6.07) is 7.28. The van der Waals surface area contributed by atoms with Gasteiger partial charge in [-0.1, -0.05) is 15.9 Å². The maximum Gasteiger partial charge on any atom is 0.166 e. The predicted octanol–water partition coefficient (Wildman–Crippen LogP) is 2.87. The van der Waals surface area contributed by atoms with Gasteiger partial charge in [0.15, 0.2) is 5.82 Å². The van der Waals surface area contributed by atoms with Crippen LogP contribution in [0.5, 0.6) is 5.75 Å². The average Bonchev–Trinajstić information content (AvgIpc) is 2.38. The second kappa shape index (κ2) is 5.93. The van der Waals surface area contributed by atoms with Crippen LogP contribution in [0.3, 0.4) is 0 Å². The van der Waals surface area contributed by atoms with Crippen LogP contribution >= 0.6 is 15.9 Å². The molecular formula is C13H13BrN2O2. The molecule has 94 valence electrons. The summed E-state index contributed by atoms with van der Waals surface area (Å²) in [6.45, 7) is 1.98. The number of hydrogen-bond acceptors (Lipinski definition) is 4. The smallest absolute Gasteiger partial charge is 0.166 e. The van der Waals surface area contributed by atoms with Crippen molar-refractivity contribution in [1.82, 2.24) is 9.97 Å². The zero-order valence-corrected chi connectivity index (χ0v) is 11.5. The third-order valence-corrected chi connectivity index (χ3v) is 2.89. The van der Waals surface area contributed by atoms with Gasteiger partial charge in [0, 0.05) is 22.4 Å². The van der Waals surface area contributed by atoms with Crippen molar-refractivity contribution in [3.05, 3.63) is 52.5 Å². The molecule has 0 spiro atoms. The molecule has 5 heteroatoms. The van der Waals surface area contributed by atoms with Gasteiger partial charge in [-0.3, -0.25) is 0 Å². The van der Waals surface area contributed by atoms with E-state index in [2.05, 4.69) is 25.9 Å². The van der Waals surface area contributed by atoms with Crippen molar-refractivity contribution in [1.29, 1.82) is 0 Å². The van der Waals surface area contributed by atoms with Gasteiger partial charge in [-0.15, -0.1) is 0 Å². The molecule has 1 N–H and O–H groups in total. The second-order valence-electron chi connectivity index (χ2n) is 3.81. The molecule has 0 aliphatic rings. The SMILES string of the molecule is C[C@@H](O)c1cc(Br)ccc1OCc1ncccn1. The van der Waals surface area contributed by atoms with E-state index in [-0.39, 0.29) is 6.61 Å². The molecule has 1 atom stereocenters. The van der Waals surface area contributed by atoms with Gasteiger partial charge in [0.25, 0.3) is 0 Å². The van der Waals surface area contributed by atoms with E-state index >= 15 is 0 Å². The van der Waals surface area contributed by atoms with Crippen LogP contribution in [-0.4, -0.2) is 15.1 Å². The van der Waals surface area contributed by atoms with Gasteiger partial charge in [0.1, 0.15) is 12.4 Å². The van der Waals surface area contributed by atoms with Gasteiger partial charge in [0.05, 0.1) is 6.10 Å². The maximum absolute atomic E-state index is 9.69. The Morgan fingerprint density at radius 2 is 2.06 bits per heavy atom. The molecule has 1 aromatic carbocycles. The van der Waals surface area contributed by atoms with Crippen molar-refractivity contribution < 1.29 is 9.84 Å². The van der Waals surface area contributed by atoms with E-state index in [0.29, 0.717) is 11.6 Å². The summed E-state index contributed by atoms with van der Waals surface area (Å²) in [5.41, 5.74) is 0.736. The first-order valence-corrected chi connectivity index (χ1v) is 6.32. The lowest BCUT2D eigenvalue weighted by molar-refractivity contribution is 0.189. The summed E-state index contributed by atoms with van der Waals surface area (Å²) < 4.78 is 6.54. The molecule has 0 aliphatic heterocycles. The zero-order chi connectivity index (χ0) is 13.0. The topological polar surface area (TPSA) is 55.2 Å². The van der Waals surface area contributed by atoms with Crippen LogP contribution < -0.4 is 4.74 Å². The largest absolute Gasteiger partial charge is 0.485 e. The standard InChI is InChI=1S/C13H13BrN2O2/c1-9(17)11-7-10(14)3-4-12(11)18-8-13-15-5-2-6-16-13/h2-7,9,17H,8H2,1H3/t9-/m1/s1. The Morgan fingerprint density at radius 3 is 2.72 bits per heavy atom. The monoisotopic (exact) mass is 308 g/mol. The van der Waals surface area contributed by atoms with Crippen LogP contribution in [0.1, 0.15) is 24.4 Å². The molecule has 0 amide bonds. The Balaban J connectivity index is 2.14. The molecule has 4 nitrogen and oxygen atoms in total. The Labute approximate surface area is 114 Å². The highest BCUT2D eigenvalue weighted by Crippen LogP contribution is 2.28. The number of hydrogen-bond donors (Lipinski definition) is 1. The lowest BCUT2D eigenvalue weighted by Crippen LogP contribution is -2.03. The highest BCUT2D eigenvalue weighted by atomic mass is 79.9. The summed E-state index contributed by atoms with van der Waals surface area (Å²) in [7, 11) is 0.